The molecule has 1 rings (SSSR count). The number of amides is 1. The number of nitrogens with zero attached hydrogens (tertiary/aromatic N) is 1. The molecule has 0 heterocycles. The lowest BCUT2D eigenvalue weighted by Crippen LogP contribution is -2.28. The molecule has 0 fully saturated rings. The summed E-state index contributed by atoms with van der Waals surface area (Å²) in [5.74, 6) is -0.289. The van der Waals surface area contributed by atoms with Crippen molar-refractivity contribution in [2.24, 2.45) is 0 Å². The Bertz CT molecular complexity index is 444. The highest BCUT2D eigenvalue weighted by atomic mass is 35.5. The minimum Gasteiger partial charge on any atom is -0.397 e. The minimum atomic E-state index is -2.53. The molecular weight excluding hydrogens is 278 g/mol. The van der Waals surface area contributed by atoms with Crippen molar-refractivity contribution in [1.82, 2.24) is 0 Å². The third-order valence-corrected chi connectivity index (χ3v) is 2.67. The van der Waals surface area contributed by atoms with Gasteiger partial charge in [-0.2, -0.15) is 0 Å². The summed E-state index contributed by atoms with van der Waals surface area (Å²) in [5, 5.41) is 0.456. The van der Waals surface area contributed by atoms with E-state index in [9.17, 15) is 13.6 Å². The number of alkyl halides is 2. The van der Waals surface area contributed by atoms with Crippen LogP contribution in [-0.2, 0) is 9.53 Å². The average molecular weight is 293 g/mol. The predicted octanol–water partition coefficient (Wildman–Crippen LogP) is 2.56. The van der Waals surface area contributed by atoms with Gasteiger partial charge >= 0.3 is 0 Å². The number of benzene rings is 1. The molecule has 0 bridgehead atoms. The predicted molar refractivity (Wildman–Crippen MR) is 70.7 cm³/mol. The van der Waals surface area contributed by atoms with Crippen LogP contribution >= 0.6 is 11.6 Å². The second-order valence-electron chi connectivity index (χ2n) is 3.87. The van der Waals surface area contributed by atoms with E-state index >= 15 is 0 Å². The van der Waals surface area contributed by atoms with E-state index in [1.807, 2.05) is 0 Å². The van der Waals surface area contributed by atoms with Crippen LogP contribution in [0.2, 0.25) is 5.02 Å². The number of anilines is 2. The first-order chi connectivity index (χ1) is 8.91. The molecule has 0 aliphatic heterocycles. The normalized spacial score (nSPS) is 10.8. The van der Waals surface area contributed by atoms with Crippen LogP contribution in [0.3, 0.4) is 0 Å². The topological polar surface area (TPSA) is 55.6 Å². The quantitative estimate of drug-likeness (QED) is 0.647. The maximum atomic E-state index is 11.8. The summed E-state index contributed by atoms with van der Waals surface area (Å²) < 4.78 is 28.3. The molecule has 0 spiro atoms. The molecule has 0 saturated heterocycles. The number of hydrogen-bond donors (Lipinski definition) is 1. The highest BCUT2D eigenvalue weighted by Gasteiger charge is 2.14. The van der Waals surface area contributed by atoms with Crippen LogP contribution in [0.1, 0.15) is 6.42 Å². The van der Waals surface area contributed by atoms with Gasteiger partial charge in [-0.25, -0.2) is 8.78 Å². The van der Waals surface area contributed by atoms with Crippen LogP contribution in [0.15, 0.2) is 18.2 Å². The molecule has 0 saturated carbocycles. The summed E-state index contributed by atoms with van der Waals surface area (Å²) in [5.41, 5.74) is 6.63. The first-order valence-corrected chi connectivity index (χ1v) is 5.97. The van der Waals surface area contributed by atoms with Crippen LogP contribution < -0.4 is 10.6 Å². The molecule has 0 aromatic heterocycles. The summed E-state index contributed by atoms with van der Waals surface area (Å²) in [7, 11) is 1.54. The minimum absolute atomic E-state index is 0.00479. The van der Waals surface area contributed by atoms with E-state index in [1.165, 1.54) is 11.9 Å². The zero-order valence-electron chi connectivity index (χ0n) is 10.4. The van der Waals surface area contributed by atoms with Crippen LogP contribution in [0.5, 0.6) is 0 Å². The summed E-state index contributed by atoms with van der Waals surface area (Å²) in [6.07, 6.45) is -2.54. The molecule has 1 aromatic carbocycles. The van der Waals surface area contributed by atoms with Crippen molar-refractivity contribution < 1.29 is 18.3 Å². The first-order valence-electron chi connectivity index (χ1n) is 5.59. The van der Waals surface area contributed by atoms with Crippen molar-refractivity contribution in [2.75, 3.05) is 30.9 Å². The Morgan fingerprint density at radius 3 is 2.84 bits per heavy atom. The first kappa shape index (κ1) is 15.7. The lowest BCUT2D eigenvalue weighted by Gasteiger charge is -2.19. The lowest BCUT2D eigenvalue weighted by atomic mass is 10.2. The van der Waals surface area contributed by atoms with Gasteiger partial charge in [0.25, 0.3) is 6.43 Å². The Balaban J connectivity index is 2.54. The molecule has 1 amide bonds. The van der Waals surface area contributed by atoms with Gasteiger partial charge in [0.15, 0.2) is 0 Å². The van der Waals surface area contributed by atoms with Crippen LogP contribution in [0, 0.1) is 0 Å². The van der Waals surface area contributed by atoms with E-state index in [0.717, 1.165) is 0 Å². The molecule has 2 N–H and O–H groups in total. The van der Waals surface area contributed by atoms with Gasteiger partial charge in [-0.15, -0.1) is 0 Å². The molecule has 4 nitrogen and oxygen atoms in total. The maximum absolute atomic E-state index is 11.8. The van der Waals surface area contributed by atoms with Crippen molar-refractivity contribution in [3.63, 3.8) is 0 Å². The molecule has 0 aliphatic rings. The molecule has 1 aromatic rings. The lowest BCUT2D eigenvalue weighted by molar-refractivity contribution is -0.119. The van der Waals surface area contributed by atoms with Crippen molar-refractivity contribution in [3.8, 4) is 0 Å². The Morgan fingerprint density at radius 1 is 1.53 bits per heavy atom. The van der Waals surface area contributed by atoms with Crippen molar-refractivity contribution in [2.45, 2.75) is 12.8 Å². The molecule has 7 heteroatoms. The zero-order valence-corrected chi connectivity index (χ0v) is 11.2. The number of halogens is 3. The highest BCUT2D eigenvalue weighted by molar-refractivity contribution is 6.31. The molecule has 0 radical (unpaired) electrons. The van der Waals surface area contributed by atoms with Gasteiger partial charge in [-0.1, -0.05) is 11.6 Å². The zero-order chi connectivity index (χ0) is 14.4. The van der Waals surface area contributed by atoms with Gasteiger partial charge in [0.2, 0.25) is 5.91 Å². The molecule has 19 heavy (non-hydrogen) atoms. The van der Waals surface area contributed by atoms with Crippen LogP contribution in [0.25, 0.3) is 0 Å². The van der Waals surface area contributed by atoms with E-state index in [4.69, 9.17) is 17.3 Å². The summed E-state index contributed by atoms with van der Waals surface area (Å²) in [6.45, 7) is -0.732. The number of nitrogens with two attached hydrogens (primary N) is 1. The van der Waals surface area contributed by atoms with E-state index in [2.05, 4.69) is 4.74 Å². The third kappa shape index (κ3) is 5.00. The highest BCUT2D eigenvalue weighted by Crippen LogP contribution is 2.26. The number of ether oxygens (including phenoxy) is 1. The number of carbonyl (C=O) groups excluding carboxylic acids is 1. The van der Waals surface area contributed by atoms with E-state index < -0.39 is 13.0 Å². The van der Waals surface area contributed by atoms with Gasteiger partial charge in [0.1, 0.15) is 6.61 Å². The largest absolute Gasteiger partial charge is 0.397 e. The van der Waals surface area contributed by atoms with Crippen molar-refractivity contribution in [1.29, 1.82) is 0 Å². The summed E-state index contributed by atoms with van der Waals surface area (Å²) >= 11 is 5.83. The average Bonchev–Trinajstić information content (AvgIpc) is 2.36. The van der Waals surface area contributed by atoms with Gasteiger partial charge in [0.05, 0.1) is 24.4 Å². The van der Waals surface area contributed by atoms with Crippen LogP contribution in [-0.4, -0.2) is 32.6 Å². The molecule has 106 valence electrons. The fraction of sp³-hybridized carbons (Fsp3) is 0.417. The molecule has 0 atom stereocenters. The van der Waals surface area contributed by atoms with Gasteiger partial charge < -0.3 is 15.4 Å². The SMILES string of the molecule is CN(C(=O)CCOCC(F)F)c1cc(Cl)ccc1N. The van der Waals surface area contributed by atoms with Gasteiger partial charge in [0, 0.05) is 12.1 Å². The number of carbonyl (C=O) groups is 1. The Morgan fingerprint density at radius 2 is 2.21 bits per heavy atom. The second-order valence-corrected chi connectivity index (χ2v) is 4.31. The fourth-order valence-electron chi connectivity index (χ4n) is 1.44. The molecule has 0 unspecified atom stereocenters. The Hall–Kier alpha value is -1.40. The number of rotatable bonds is 6. The van der Waals surface area contributed by atoms with Crippen molar-refractivity contribution >= 4 is 28.9 Å². The monoisotopic (exact) mass is 292 g/mol. The Labute approximate surface area is 115 Å². The van der Waals surface area contributed by atoms with Gasteiger partial charge in [-0.05, 0) is 18.2 Å². The van der Waals surface area contributed by atoms with E-state index in [0.29, 0.717) is 16.4 Å². The number of nitrogen functional groups attached to an aromatic ring is 1. The standard InChI is InChI=1S/C12H15ClF2N2O2/c1-17(10-6-8(13)2-3-9(10)16)12(18)4-5-19-7-11(14)15/h2-3,6,11H,4-5,7,16H2,1H3. The maximum Gasteiger partial charge on any atom is 0.261 e. The second kappa shape index (κ2) is 7.25. The van der Waals surface area contributed by atoms with Gasteiger partial charge in [-0.3, -0.25) is 4.79 Å². The fourth-order valence-corrected chi connectivity index (χ4v) is 1.61. The van der Waals surface area contributed by atoms with E-state index in [1.54, 1.807) is 18.2 Å². The van der Waals surface area contributed by atoms with Crippen LogP contribution in [0.4, 0.5) is 20.2 Å². The van der Waals surface area contributed by atoms with E-state index in [-0.39, 0.29) is 18.9 Å². The molecule has 0 aliphatic carbocycles. The summed E-state index contributed by atoms with van der Waals surface area (Å²) in [4.78, 5) is 13.1. The third-order valence-electron chi connectivity index (χ3n) is 2.43. The summed E-state index contributed by atoms with van der Waals surface area (Å²) in [6, 6.07) is 4.77. The smallest absolute Gasteiger partial charge is 0.261 e. The number of hydrogen-bond acceptors (Lipinski definition) is 3. The molecular formula is C12H15ClF2N2O2. The van der Waals surface area contributed by atoms with Crippen molar-refractivity contribution in [3.05, 3.63) is 23.2 Å². The Kier molecular flexibility index (Phi) is 5.98.